The highest BCUT2D eigenvalue weighted by Gasteiger charge is 2.26. The van der Waals surface area contributed by atoms with E-state index in [1.54, 1.807) is 4.90 Å². The van der Waals surface area contributed by atoms with Crippen molar-refractivity contribution in [3.05, 3.63) is 35.9 Å². The number of carbonyl (C=O) groups is 1. The molecule has 0 aliphatic heterocycles. The molecular formula is C16H24N2O2S. The highest BCUT2D eigenvalue weighted by molar-refractivity contribution is 7.80. The first-order valence-corrected chi connectivity index (χ1v) is 7.73. The summed E-state index contributed by atoms with van der Waals surface area (Å²) in [6.45, 7) is 2.97. The summed E-state index contributed by atoms with van der Waals surface area (Å²) in [7, 11) is 0. The van der Waals surface area contributed by atoms with Gasteiger partial charge in [0.1, 0.15) is 0 Å². The van der Waals surface area contributed by atoms with Crippen molar-refractivity contribution in [3.63, 3.8) is 0 Å². The van der Waals surface area contributed by atoms with Crippen LogP contribution in [0.15, 0.2) is 30.3 Å². The van der Waals surface area contributed by atoms with Crippen molar-refractivity contribution < 1.29 is 9.90 Å². The Morgan fingerprint density at radius 1 is 1.33 bits per heavy atom. The Balaban J connectivity index is 2.81. The van der Waals surface area contributed by atoms with Crippen LogP contribution in [0.25, 0.3) is 0 Å². The molecule has 5 heteroatoms. The number of unbranched alkanes of at least 4 members (excludes halogenated alkanes) is 1. The van der Waals surface area contributed by atoms with Crippen LogP contribution in [-0.2, 0) is 11.2 Å². The lowest BCUT2D eigenvalue weighted by Crippen LogP contribution is -2.43. The van der Waals surface area contributed by atoms with E-state index in [2.05, 4.69) is 6.92 Å². The number of thiocarbonyl (C=S) groups is 1. The Hall–Kier alpha value is -1.46. The normalized spacial score (nSPS) is 11.9. The first-order valence-electron chi connectivity index (χ1n) is 7.33. The molecule has 0 aliphatic carbocycles. The Morgan fingerprint density at radius 3 is 2.52 bits per heavy atom. The van der Waals surface area contributed by atoms with Crippen LogP contribution in [0.1, 0.15) is 25.3 Å². The first-order chi connectivity index (χ1) is 10.1. The summed E-state index contributed by atoms with van der Waals surface area (Å²) in [5.41, 5.74) is 6.80. The molecule has 1 atom stereocenters. The van der Waals surface area contributed by atoms with Crippen LogP contribution in [0.3, 0.4) is 0 Å². The van der Waals surface area contributed by atoms with Gasteiger partial charge in [0.2, 0.25) is 5.91 Å². The SMILES string of the molecule is CCCCN(CCO)C(=O)C(Cc1ccccc1)C(N)=S. The van der Waals surface area contributed by atoms with Crippen molar-refractivity contribution in [1.29, 1.82) is 0 Å². The highest BCUT2D eigenvalue weighted by atomic mass is 32.1. The number of carbonyl (C=O) groups excluding carboxylic acids is 1. The molecular weight excluding hydrogens is 284 g/mol. The second-order valence-corrected chi connectivity index (χ2v) is 5.52. The third-order valence-corrected chi connectivity index (χ3v) is 3.67. The first kappa shape index (κ1) is 17.6. The Kier molecular flexibility index (Phi) is 7.93. The summed E-state index contributed by atoms with van der Waals surface area (Å²) < 4.78 is 0. The van der Waals surface area contributed by atoms with Gasteiger partial charge in [-0.25, -0.2) is 0 Å². The lowest BCUT2D eigenvalue weighted by molar-refractivity contribution is -0.133. The fourth-order valence-electron chi connectivity index (χ4n) is 2.18. The number of aliphatic hydroxyl groups excluding tert-OH is 1. The van der Waals surface area contributed by atoms with E-state index >= 15 is 0 Å². The molecule has 3 N–H and O–H groups in total. The van der Waals surface area contributed by atoms with E-state index in [-0.39, 0.29) is 17.5 Å². The molecule has 1 rings (SSSR count). The predicted molar refractivity (Wildman–Crippen MR) is 89.0 cm³/mol. The molecule has 1 amide bonds. The zero-order valence-corrected chi connectivity index (χ0v) is 13.3. The van der Waals surface area contributed by atoms with Gasteiger partial charge in [0.05, 0.1) is 17.5 Å². The zero-order valence-electron chi connectivity index (χ0n) is 12.5. The fourth-order valence-corrected chi connectivity index (χ4v) is 2.37. The summed E-state index contributed by atoms with van der Waals surface area (Å²) >= 11 is 5.08. The third kappa shape index (κ3) is 5.81. The largest absolute Gasteiger partial charge is 0.395 e. The van der Waals surface area contributed by atoms with Crippen LogP contribution in [0.5, 0.6) is 0 Å². The molecule has 4 nitrogen and oxygen atoms in total. The lowest BCUT2D eigenvalue weighted by atomic mass is 9.97. The Bertz CT molecular complexity index is 451. The maximum absolute atomic E-state index is 12.6. The quantitative estimate of drug-likeness (QED) is 0.682. The van der Waals surface area contributed by atoms with Gasteiger partial charge in [-0.05, 0) is 18.4 Å². The lowest BCUT2D eigenvalue weighted by Gasteiger charge is -2.26. The second-order valence-electron chi connectivity index (χ2n) is 5.05. The molecule has 0 heterocycles. The number of hydrogen-bond donors (Lipinski definition) is 2. The molecule has 0 saturated heterocycles. The number of rotatable bonds is 9. The van der Waals surface area contributed by atoms with Gasteiger partial charge in [0.25, 0.3) is 0 Å². The number of hydrogen-bond acceptors (Lipinski definition) is 3. The van der Waals surface area contributed by atoms with E-state index in [0.29, 0.717) is 19.5 Å². The Morgan fingerprint density at radius 2 is 2.00 bits per heavy atom. The van der Waals surface area contributed by atoms with Gasteiger partial charge in [-0.1, -0.05) is 55.9 Å². The maximum atomic E-state index is 12.6. The predicted octanol–water partition coefficient (Wildman–Crippen LogP) is 1.75. The molecule has 0 spiro atoms. The van der Waals surface area contributed by atoms with Gasteiger partial charge in [0.15, 0.2) is 0 Å². The van der Waals surface area contributed by atoms with Gasteiger partial charge in [0, 0.05) is 13.1 Å². The summed E-state index contributed by atoms with van der Waals surface area (Å²) in [6, 6.07) is 9.71. The molecule has 0 aliphatic rings. The summed E-state index contributed by atoms with van der Waals surface area (Å²) in [4.78, 5) is 14.5. The minimum Gasteiger partial charge on any atom is -0.395 e. The minimum absolute atomic E-state index is 0.0507. The second kappa shape index (κ2) is 9.47. The molecule has 1 unspecified atom stereocenters. The van der Waals surface area contributed by atoms with Crippen LogP contribution in [0.4, 0.5) is 0 Å². The fraction of sp³-hybridized carbons (Fsp3) is 0.500. The van der Waals surface area contributed by atoms with Crippen LogP contribution in [0, 0.1) is 5.92 Å². The smallest absolute Gasteiger partial charge is 0.232 e. The topological polar surface area (TPSA) is 66.6 Å². The van der Waals surface area contributed by atoms with Gasteiger partial charge < -0.3 is 15.7 Å². The Labute approximate surface area is 131 Å². The van der Waals surface area contributed by atoms with Gasteiger partial charge >= 0.3 is 0 Å². The van der Waals surface area contributed by atoms with Gasteiger partial charge in [-0.3, -0.25) is 4.79 Å². The number of nitrogens with zero attached hydrogens (tertiary/aromatic N) is 1. The van der Waals surface area contributed by atoms with Crippen LogP contribution in [0.2, 0.25) is 0 Å². The van der Waals surface area contributed by atoms with Crippen molar-refractivity contribution in [1.82, 2.24) is 4.90 Å². The molecule has 0 aromatic heterocycles. The van der Waals surface area contributed by atoms with Gasteiger partial charge in [-0.15, -0.1) is 0 Å². The molecule has 116 valence electrons. The molecule has 0 saturated carbocycles. The molecule has 0 radical (unpaired) electrons. The van der Waals surface area contributed by atoms with E-state index in [1.165, 1.54) is 0 Å². The van der Waals surface area contributed by atoms with Crippen LogP contribution in [-0.4, -0.2) is 40.6 Å². The summed E-state index contributed by atoms with van der Waals surface area (Å²) in [5.74, 6) is -0.598. The van der Waals surface area contributed by atoms with E-state index in [4.69, 9.17) is 23.1 Å². The van der Waals surface area contributed by atoms with E-state index in [9.17, 15) is 4.79 Å². The average Bonchev–Trinajstić information content (AvgIpc) is 2.49. The summed E-state index contributed by atoms with van der Waals surface area (Å²) in [6.07, 6.45) is 2.40. The van der Waals surface area contributed by atoms with E-state index in [1.807, 2.05) is 30.3 Å². The van der Waals surface area contributed by atoms with Crippen molar-refractivity contribution in [3.8, 4) is 0 Å². The molecule has 1 aromatic rings. The van der Waals surface area contributed by atoms with Crippen molar-refractivity contribution in [2.75, 3.05) is 19.7 Å². The monoisotopic (exact) mass is 308 g/mol. The molecule has 0 bridgehead atoms. The summed E-state index contributed by atoms with van der Waals surface area (Å²) in [5, 5.41) is 9.14. The molecule has 0 fully saturated rings. The number of aliphatic hydroxyl groups is 1. The van der Waals surface area contributed by atoms with E-state index in [0.717, 1.165) is 18.4 Å². The zero-order chi connectivity index (χ0) is 15.7. The highest BCUT2D eigenvalue weighted by Crippen LogP contribution is 2.13. The van der Waals surface area contributed by atoms with Crippen molar-refractivity contribution in [2.24, 2.45) is 11.7 Å². The maximum Gasteiger partial charge on any atom is 0.232 e. The average molecular weight is 308 g/mol. The van der Waals surface area contributed by atoms with Crippen molar-refractivity contribution >= 4 is 23.1 Å². The van der Waals surface area contributed by atoms with Crippen LogP contribution >= 0.6 is 12.2 Å². The van der Waals surface area contributed by atoms with Crippen molar-refractivity contribution in [2.45, 2.75) is 26.2 Å². The molecule has 1 aromatic carbocycles. The van der Waals surface area contributed by atoms with Gasteiger partial charge in [-0.2, -0.15) is 0 Å². The third-order valence-electron chi connectivity index (χ3n) is 3.39. The number of nitrogens with two attached hydrogens (primary N) is 1. The standard InChI is InChI=1S/C16H24N2O2S/c1-2-3-9-18(10-11-19)16(20)14(15(17)21)12-13-7-5-4-6-8-13/h4-8,14,19H,2-3,9-12H2,1H3,(H2,17,21). The molecule has 21 heavy (non-hydrogen) atoms. The number of benzene rings is 1. The number of amides is 1. The van der Waals surface area contributed by atoms with Crippen LogP contribution < -0.4 is 5.73 Å². The minimum atomic E-state index is -0.509. The van der Waals surface area contributed by atoms with E-state index < -0.39 is 5.92 Å².